The second-order valence-electron chi connectivity index (χ2n) is 6.36. The van der Waals surface area contributed by atoms with Crippen molar-refractivity contribution >= 4 is 17.6 Å². The highest BCUT2D eigenvalue weighted by Crippen LogP contribution is 2.39. The van der Waals surface area contributed by atoms with Gasteiger partial charge >= 0.3 is 5.97 Å². The quantitative estimate of drug-likeness (QED) is 0.534. The van der Waals surface area contributed by atoms with Crippen molar-refractivity contribution in [2.24, 2.45) is 0 Å². The van der Waals surface area contributed by atoms with Crippen molar-refractivity contribution < 1.29 is 14.3 Å². The molecule has 2 aromatic rings. The van der Waals surface area contributed by atoms with E-state index in [-0.39, 0.29) is 23.9 Å². The molecule has 4 heteroatoms. The molecule has 132 valence electrons. The van der Waals surface area contributed by atoms with Crippen LogP contribution in [0.2, 0.25) is 0 Å². The molecular weight excluding hydrogens is 336 g/mol. The van der Waals surface area contributed by atoms with Gasteiger partial charge < -0.3 is 9.47 Å². The number of hydrogen-bond donors (Lipinski definition) is 0. The molecule has 1 fully saturated rings. The minimum Gasteiger partial charge on any atom is -0.489 e. The first-order valence-electron chi connectivity index (χ1n) is 8.79. The van der Waals surface area contributed by atoms with E-state index in [0.717, 1.165) is 42.6 Å². The maximum Gasteiger partial charge on any atom is 0.321 e. The van der Waals surface area contributed by atoms with E-state index in [1.807, 2.05) is 48.5 Å². The fraction of sp³-hybridized carbons (Fsp3) is 0.381. The van der Waals surface area contributed by atoms with Crippen molar-refractivity contribution in [2.75, 3.05) is 5.88 Å². The Morgan fingerprint density at radius 3 is 2.52 bits per heavy atom. The van der Waals surface area contributed by atoms with Crippen LogP contribution in [0.1, 0.15) is 42.7 Å². The van der Waals surface area contributed by atoms with Gasteiger partial charge in [-0.1, -0.05) is 55.0 Å². The van der Waals surface area contributed by atoms with Gasteiger partial charge in [0.1, 0.15) is 24.3 Å². The topological polar surface area (TPSA) is 35.5 Å². The molecule has 0 N–H and O–H groups in total. The van der Waals surface area contributed by atoms with E-state index in [1.165, 1.54) is 0 Å². The van der Waals surface area contributed by atoms with Gasteiger partial charge in [0.2, 0.25) is 0 Å². The minimum absolute atomic E-state index is 0.102. The summed E-state index contributed by atoms with van der Waals surface area (Å²) < 4.78 is 11.7. The Balaban J connectivity index is 1.77. The van der Waals surface area contributed by atoms with Gasteiger partial charge in [-0.15, -0.1) is 11.6 Å². The minimum atomic E-state index is -0.346. The Morgan fingerprint density at radius 2 is 1.72 bits per heavy atom. The Kier molecular flexibility index (Phi) is 6.35. The lowest BCUT2D eigenvalue weighted by Gasteiger charge is -2.32. The third-order valence-corrected chi connectivity index (χ3v) is 4.87. The molecule has 0 radical (unpaired) electrons. The van der Waals surface area contributed by atoms with Gasteiger partial charge in [0.05, 0.1) is 0 Å². The standard InChI is InChI=1S/C21H23ClO3/c22-14-21(23)25-20-13-7-5-11-18(20)17-10-4-6-12-19(17)24-15-16-8-2-1-3-9-16/h1-4,6,8-10,12,18,20H,5,7,11,13-15H2/t18-,20+/m0/s1. The van der Waals surface area contributed by atoms with Gasteiger partial charge in [-0.2, -0.15) is 0 Å². The average molecular weight is 359 g/mol. The molecule has 0 bridgehead atoms. The lowest BCUT2D eigenvalue weighted by molar-refractivity contribution is -0.148. The number of para-hydroxylation sites is 1. The van der Waals surface area contributed by atoms with E-state index in [2.05, 4.69) is 6.07 Å². The zero-order chi connectivity index (χ0) is 17.5. The third kappa shape index (κ3) is 4.76. The SMILES string of the molecule is O=C(CCl)O[C@@H]1CCCC[C@H]1c1ccccc1OCc1ccccc1. The second kappa shape index (κ2) is 8.91. The zero-order valence-corrected chi connectivity index (χ0v) is 15.0. The van der Waals surface area contributed by atoms with Crippen LogP contribution in [0.5, 0.6) is 5.75 Å². The Labute approximate surface area is 153 Å². The number of hydrogen-bond acceptors (Lipinski definition) is 3. The van der Waals surface area contributed by atoms with E-state index >= 15 is 0 Å². The van der Waals surface area contributed by atoms with Crippen molar-refractivity contribution in [3.8, 4) is 5.75 Å². The van der Waals surface area contributed by atoms with E-state index < -0.39 is 0 Å². The van der Waals surface area contributed by atoms with Crippen LogP contribution < -0.4 is 4.74 Å². The largest absolute Gasteiger partial charge is 0.489 e. The first kappa shape index (κ1) is 17.8. The van der Waals surface area contributed by atoms with Crippen LogP contribution in [0.25, 0.3) is 0 Å². The highest BCUT2D eigenvalue weighted by atomic mass is 35.5. The maximum atomic E-state index is 11.7. The summed E-state index contributed by atoms with van der Waals surface area (Å²) in [7, 11) is 0. The Morgan fingerprint density at radius 1 is 1.00 bits per heavy atom. The molecule has 2 atom stereocenters. The molecule has 0 saturated heterocycles. The third-order valence-electron chi connectivity index (χ3n) is 4.65. The predicted octanol–water partition coefficient (Wildman–Crippen LogP) is 5.07. The van der Waals surface area contributed by atoms with Crippen molar-refractivity contribution in [2.45, 2.75) is 44.3 Å². The molecule has 2 aromatic carbocycles. The van der Waals surface area contributed by atoms with Crippen LogP contribution >= 0.6 is 11.6 Å². The van der Waals surface area contributed by atoms with Crippen molar-refractivity contribution in [3.63, 3.8) is 0 Å². The molecule has 0 aromatic heterocycles. The molecule has 1 aliphatic rings. The summed E-state index contributed by atoms with van der Waals surface area (Å²) in [5.74, 6) is 0.578. The molecule has 0 unspecified atom stereocenters. The van der Waals surface area contributed by atoms with Crippen LogP contribution in [0.3, 0.4) is 0 Å². The molecule has 0 aliphatic heterocycles. The van der Waals surface area contributed by atoms with Gasteiger partial charge in [-0.25, -0.2) is 0 Å². The average Bonchev–Trinajstić information content (AvgIpc) is 2.68. The van der Waals surface area contributed by atoms with E-state index in [9.17, 15) is 4.79 Å². The number of alkyl halides is 1. The van der Waals surface area contributed by atoms with Gasteiger partial charge in [-0.3, -0.25) is 4.79 Å². The number of halogens is 1. The molecule has 0 heterocycles. The zero-order valence-electron chi connectivity index (χ0n) is 14.2. The summed E-state index contributed by atoms with van der Waals surface area (Å²) in [5, 5.41) is 0. The fourth-order valence-corrected chi connectivity index (χ4v) is 3.51. The van der Waals surface area contributed by atoms with Crippen molar-refractivity contribution in [3.05, 3.63) is 65.7 Å². The summed E-state index contributed by atoms with van der Waals surface area (Å²) in [6.07, 6.45) is 3.95. The number of rotatable bonds is 6. The number of carbonyl (C=O) groups is 1. The smallest absolute Gasteiger partial charge is 0.321 e. The second-order valence-corrected chi connectivity index (χ2v) is 6.63. The molecule has 1 aliphatic carbocycles. The monoisotopic (exact) mass is 358 g/mol. The molecule has 0 spiro atoms. The molecule has 0 amide bonds. The number of carbonyl (C=O) groups excluding carboxylic acids is 1. The van der Waals surface area contributed by atoms with E-state index in [4.69, 9.17) is 21.1 Å². The summed E-state index contributed by atoms with van der Waals surface area (Å²) in [5.41, 5.74) is 2.25. The first-order chi connectivity index (χ1) is 12.3. The van der Waals surface area contributed by atoms with Crippen LogP contribution in [-0.2, 0) is 16.1 Å². The van der Waals surface area contributed by atoms with Crippen molar-refractivity contribution in [1.82, 2.24) is 0 Å². The van der Waals surface area contributed by atoms with Crippen molar-refractivity contribution in [1.29, 1.82) is 0 Å². The molecular formula is C21H23ClO3. The summed E-state index contributed by atoms with van der Waals surface area (Å²) >= 11 is 5.61. The summed E-state index contributed by atoms with van der Waals surface area (Å²) in [4.78, 5) is 11.7. The van der Waals surface area contributed by atoms with Gasteiger partial charge in [0, 0.05) is 11.5 Å². The van der Waals surface area contributed by atoms with Crippen LogP contribution in [0.15, 0.2) is 54.6 Å². The Bertz CT molecular complexity index is 687. The summed E-state index contributed by atoms with van der Waals surface area (Å²) in [6.45, 7) is 0.525. The van der Waals surface area contributed by atoms with Crippen LogP contribution in [0, 0.1) is 0 Å². The lowest BCUT2D eigenvalue weighted by Crippen LogP contribution is -2.29. The van der Waals surface area contributed by atoms with Gasteiger partial charge in [0.25, 0.3) is 0 Å². The number of esters is 1. The molecule has 25 heavy (non-hydrogen) atoms. The normalized spacial score (nSPS) is 20.0. The molecule has 3 rings (SSSR count). The lowest BCUT2D eigenvalue weighted by atomic mass is 9.81. The number of ether oxygens (including phenoxy) is 2. The predicted molar refractivity (Wildman–Crippen MR) is 99.0 cm³/mol. The van der Waals surface area contributed by atoms with Gasteiger partial charge in [0.15, 0.2) is 0 Å². The van der Waals surface area contributed by atoms with E-state index in [1.54, 1.807) is 0 Å². The number of benzene rings is 2. The van der Waals surface area contributed by atoms with Crippen LogP contribution in [0.4, 0.5) is 0 Å². The highest BCUT2D eigenvalue weighted by Gasteiger charge is 2.31. The Hall–Kier alpha value is -2.00. The molecule has 3 nitrogen and oxygen atoms in total. The van der Waals surface area contributed by atoms with Gasteiger partial charge in [-0.05, 0) is 30.9 Å². The highest BCUT2D eigenvalue weighted by molar-refractivity contribution is 6.26. The fourth-order valence-electron chi connectivity index (χ4n) is 3.45. The van der Waals surface area contributed by atoms with Crippen LogP contribution in [-0.4, -0.2) is 18.0 Å². The maximum absolute atomic E-state index is 11.7. The molecule has 1 saturated carbocycles. The first-order valence-corrected chi connectivity index (χ1v) is 9.32. The summed E-state index contributed by atoms with van der Waals surface area (Å²) in [6, 6.07) is 18.2. The van der Waals surface area contributed by atoms with E-state index in [0.29, 0.717) is 6.61 Å².